The lowest BCUT2D eigenvalue weighted by Gasteiger charge is -2.15. The summed E-state index contributed by atoms with van der Waals surface area (Å²) in [6.07, 6.45) is -1.05. The van der Waals surface area contributed by atoms with Gasteiger partial charge < -0.3 is 19.8 Å². The SMILES string of the molecule is COc1ccccc1NC(=O)[C@@H](C)OC(=O)c1sc2nc(C)[nH]c(=O)c2c1C. The van der Waals surface area contributed by atoms with Crippen molar-refractivity contribution in [3.05, 3.63) is 50.9 Å². The van der Waals surface area contributed by atoms with Crippen LogP contribution in [0.4, 0.5) is 5.69 Å². The molecule has 0 spiro atoms. The molecule has 1 aromatic carbocycles. The second-order valence-corrected chi connectivity index (χ2v) is 7.12. The molecule has 146 valence electrons. The summed E-state index contributed by atoms with van der Waals surface area (Å²) in [5.41, 5.74) is 0.649. The molecular formula is C19H19N3O5S. The summed E-state index contributed by atoms with van der Waals surface area (Å²) < 4.78 is 10.5. The highest BCUT2D eigenvalue weighted by atomic mass is 32.1. The first-order chi connectivity index (χ1) is 13.3. The molecule has 0 radical (unpaired) electrons. The molecule has 28 heavy (non-hydrogen) atoms. The van der Waals surface area contributed by atoms with E-state index in [4.69, 9.17) is 9.47 Å². The minimum Gasteiger partial charge on any atom is -0.495 e. The molecule has 2 aromatic heterocycles. The largest absolute Gasteiger partial charge is 0.495 e. The number of nitrogens with zero attached hydrogens (tertiary/aromatic N) is 1. The molecule has 0 fully saturated rings. The molecule has 2 N–H and O–H groups in total. The van der Waals surface area contributed by atoms with Crippen molar-refractivity contribution in [3.8, 4) is 5.75 Å². The zero-order valence-electron chi connectivity index (χ0n) is 15.8. The average Bonchev–Trinajstić information content (AvgIpc) is 2.98. The van der Waals surface area contributed by atoms with Crippen molar-refractivity contribution in [3.63, 3.8) is 0 Å². The van der Waals surface area contributed by atoms with Crippen LogP contribution in [0.25, 0.3) is 10.2 Å². The van der Waals surface area contributed by atoms with E-state index in [1.165, 1.54) is 14.0 Å². The molecule has 2 heterocycles. The lowest BCUT2D eigenvalue weighted by atomic mass is 10.2. The van der Waals surface area contributed by atoms with Crippen molar-refractivity contribution in [2.24, 2.45) is 0 Å². The number of esters is 1. The molecule has 1 amide bonds. The number of ether oxygens (including phenoxy) is 2. The average molecular weight is 401 g/mol. The van der Waals surface area contributed by atoms with E-state index in [-0.39, 0.29) is 10.4 Å². The minimum atomic E-state index is -1.05. The summed E-state index contributed by atoms with van der Waals surface area (Å²) in [6, 6.07) is 6.92. The first kappa shape index (κ1) is 19.6. The van der Waals surface area contributed by atoms with Crippen LogP contribution in [-0.4, -0.2) is 35.1 Å². The highest BCUT2D eigenvalue weighted by Crippen LogP contribution is 2.28. The van der Waals surface area contributed by atoms with Gasteiger partial charge in [-0.2, -0.15) is 0 Å². The van der Waals surface area contributed by atoms with Crippen LogP contribution < -0.4 is 15.6 Å². The standard InChI is InChI=1S/C19H19N3O5S/c1-9-14-17(24)20-11(3)21-18(14)28-15(9)19(25)27-10(2)16(23)22-12-7-5-6-8-13(12)26-4/h5-8,10H,1-4H3,(H,22,23)(H,20,21,24)/t10-/m1/s1. The van der Waals surface area contributed by atoms with E-state index in [9.17, 15) is 14.4 Å². The zero-order chi connectivity index (χ0) is 20.4. The fourth-order valence-electron chi connectivity index (χ4n) is 2.70. The Hall–Kier alpha value is -3.20. The number of carbonyl (C=O) groups is 2. The van der Waals surface area contributed by atoms with Crippen LogP contribution in [0.15, 0.2) is 29.1 Å². The van der Waals surface area contributed by atoms with Gasteiger partial charge in [0.05, 0.1) is 18.2 Å². The number of aromatic nitrogens is 2. The van der Waals surface area contributed by atoms with E-state index in [0.717, 1.165) is 11.3 Å². The Bertz CT molecular complexity index is 1120. The number of benzene rings is 1. The summed E-state index contributed by atoms with van der Waals surface area (Å²) in [7, 11) is 1.50. The molecule has 8 nitrogen and oxygen atoms in total. The molecule has 3 rings (SSSR count). The third kappa shape index (κ3) is 3.74. The number of H-pyrrole nitrogens is 1. The number of anilines is 1. The van der Waals surface area contributed by atoms with Crippen molar-refractivity contribution in [2.75, 3.05) is 12.4 Å². The smallest absolute Gasteiger partial charge is 0.349 e. The highest BCUT2D eigenvalue weighted by Gasteiger charge is 2.24. The number of carbonyl (C=O) groups excluding carboxylic acids is 2. The van der Waals surface area contributed by atoms with E-state index < -0.39 is 18.0 Å². The van der Waals surface area contributed by atoms with Gasteiger partial charge in [0.25, 0.3) is 11.5 Å². The summed E-state index contributed by atoms with van der Waals surface area (Å²) in [6.45, 7) is 4.79. The van der Waals surface area contributed by atoms with E-state index in [2.05, 4.69) is 15.3 Å². The molecule has 0 unspecified atom stereocenters. The van der Waals surface area contributed by atoms with Crippen LogP contribution in [0.3, 0.4) is 0 Å². The van der Waals surface area contributed by atoms with Crippen molar-refractivity contribution in [1.29, 1.82) is 0 Å². The maximum absolute atomic E-state index is 12.6. The van der Waals surface area contributed by atoms with Crippen molar-refractivity contribution < 1.29 is 19.1 Å². The first-order valence-corrected chi connectivity index (χ1v) is 9.28. The molecule has 0 aliphatic rings. The molecule has 0 aliphatic heterocycles. The van der Waals surface area contributed by atoms with Crippen LogP contribution in [-0.2, 0) is 9.53 Å². The normalized spacial score (nSPS) is 11.9. The number of amides is 1. The first-order valence-electron chi connectivity index (χ1n) is 8.46. The quantitative estimate of drug-likeness (QED) is 0.636. The fraction of sp³-hybridized carbons (Fsp3) is 0.263. The number of hydrogen-bond donors (Lipinski definition) is 2. The van der Waals surface area contributed by atoms with Crippen molar-refractivity contribution in [2.45, 2.75) is 26.9 Å². The molecule has 0 aliphatic carbocycles. The van der Waals surface area contributed by atoms with Gasteiger partial charge >= 0.3 is 5.97 Å². The second kappa shape index (κ2) is 7.81. The number of aryl methyl sites for hydroxylation is 2. The number of hydrogen-bond acceptors (Lipinski definition) is 7. The van der Waals surface area contributed by atoms with Gasteiger partial charge in [-0.25, -0.2) is 9.78 Å². The number of para-hydroxylation sites is 2. The Labute approximate surface area is 164 Å². The van der Waals surface area contributed by atoms with E-state index >= 15 is 0 Å². The van der Waals surface area contributed by atoms with Crippen molar-refractivity contribution in [1.82, 2.24) is 9.97 Å². The van der Waals surface area contributed by atoms with Gasteiger partial charge in [-0.3, -0.25) is 9.59 Å². The summed E-state index contributed by atoms with van der Waals surface area (Å²) in [5, 5.41) is 3.03. The second-order valence-electron chi connectivity index (χ2n) is 6.12. The minimum absolute atomic E-state index is 0.246. The Kier molecular flexibility index (Phi) is 5.46. The Morgan fingerprint density at radius 1 is 1.25 bits per heavy atom. The van der Waals surface area contributed by atoms with Crippen LogP contribution in [0.2, 0.25) is 0 Å². The van der Waals surface area contributed by atoms with Gasteiger partial charge in [-0.15, -0.1) is 11.3 Å². The maximum Gasteiger partial charge on any atom is 0.349 e. The molecular weight excluding hydrogens is 382 g/mol. The van der Waals surface area contributed by atoms with Gasteiger partial charge in [0.15, 0.2) is 6.10 Å². The number of methoxy groups -OCH3 is 1. The van der Waals surface area contributed by atoms with Crippen molar-refractivity contribution >= 4 is 39.1 Å². The molecule has 0 bridgehead atoms. The lowest BCUT2D eigenvalue weighted by molar-refractivity contribution is -0.123. The summed E-state index contributed by atoms with van der Waals surface area (Å²) in [4.78, 5) is 44.7. The van der Waals surface area contributed by atoms with E-state index in [1.807, 2.05) is 0 Å². The lowest BCUT2D eigenvalue weighted by Crippen LogP contribution is -2.30. The number of nitrogens with one attached hydrogen (secondary N) is 2. The Balaban J connectivity index is 1.78. The summed E-state index contributed by atoms with van der Waals surface area (Å²) >= 11 is 1.07. The van der Waals surface area contributed by atoms with E-state index in [0.29, 0.717) is 33.0 Å². The molecule has 0 saturated carbocycles. The Morgan fingerprint density at radius 3 is 2.68 bits per heavy atom. The van der Waals surface area contributed by atoms with Gasteiger partial charge in [0.2, 0.25) is 0 Å². The van der Waals surface area contributed by atoms with Crippen LogP contribution in [0, 0.1) is 13.8 Å². The fourth-order valence-corrected chi connectivity index (χ4v) is 3.81. The number of rotatable bonds is 5. The number of thiophene rings is 1. The van der Waals surface area contributed by atoms with Gasteiger partial charge in [-0.1, -0.05) is 12.1 Å². The number of aromatic amines is 1. The highest BCUT2D eigenvalue weighted by molar-refractivity contribution is 7.20. The third-order valence-corrected chi connectivity index (χ3v) is 5.29. The third-order valence-electron chi connectivity index (χ3n) is 4.12. The maximum atomic E-state index is 12.6. The monoisotopic (exact) mass is 401 g/mol. The van der Waals surface area contributed by atoms with Gasteiger partial charge in [-0.05, 0) is 38.5 Å². The zero-order valence-corrected chi connectivity index (χ0v) is 16.6. The predicted molar refractivity (Wildman–Crippen MR) is 106 cm³/mol. The topological polar surface area (TPSA) is 110 Å². The van der Waals surface area contributed by atoms with Gasteiger partial charge in [0, 0.05) is 0 Å². The predicted octanol–water partition coefficient (Wildman–Crippen LogP) is 2.79. The number of fused-ring (bicyclic) bond motifs is 1. The van der Waals surface area contributed by atoms with Crippen LogP contribution >= 0.6 is 11.3 Å². The summed E-state index contributed by atoms with van der Waals surface area (Å²) in [5.74, 6) is -0.220. The molecule has 9 heteroatoms. The molecule has 0 saturated heterocycles. The van der Waals surface area contributed by atoms with E-state index in [1.54, 1.807) is 38.1 Å². The molecule has 3 aromatic rings. The Morgan fingerprint density at radius 2 is 1.96 bits per heavy atom. The molecule has 1 atom stereocenters. The van der Waals surface area contributed by atoms with Crippen LogP contribution in [0.5, 0.6) is 5.75 Å². The van der Waals surface area contributed by atoms with Crippen LogP contribution in [0.1, 0.15) is 28.0 Å². The van der Waals surface area contributed by atoms with Gasteiger partial charge in [0.1, 0.15) is 21.3 Å².